The fourth-order valence-electron chi connectivity index (χ4n) is 5.44. The first-order valence-electron chi connectivity index (χ1n) is 10.3. The van der Waals surface area contributed by atoms with Crippen molar-refractivity contribution < 1.29 is 19.4 Å². The van der Waals surface area contributed by atoms with Crippen molar-refractivity contribution in [2.75, 3.05) is 0 Å². The lowest BCUT2D eigenvalue weighted by Gasteiger charge is -2.55. The first-order chi connectivity index (χ1) is 13.8. The van der Waals surface area contributed by atoms with Crippen LogP contribution in [0.2, 0.25) is 0 Å². The fraction of sp³-hybridized carbons (Fsp3) is 0.400. The van der Waals surface area contributed by atoms with Crippen LogP contribution in [0.4, 0.5) is 0 Å². The number of benzene rings is 2. The first-order valence-corrected chi connectivity index (χ1v) is 10.3. The van der Waals surface area contributed by atoms with Crippen LogP contribution in [-0.2, 0) is 0 Å². The maximum atomic E-state index is 13.1. The largest absolute Gasteiger partial charge is 0.507 e. The summed E-state index contributed by atoms with van der Waals surface area (Å²) in [5, 5.41) is 10.8. The van der Waals surface area contributed by atoms with Crippen molar-refractivity contribution >= 4 is 11.9 Å². The van der Waals surface area contributed by atoms with E-state index in [0.29, 0.717) is 17.4 Å². The molecule has 1 aliphatic carbocycles. The van der Waals surface area contributed by atoms with Crippen LogP contribution in [0.5, 0.6) is 17.2 Å². The Morgan fingerprint density at radius 1 is 1.17 bits per heavy atom. The van der Waals surface area contributed by atoms with Gasteiger partial charge in [0.15, 0.2) is 5.78 Å². The molecule has 1 saturated carbocycles. The standard InChI is InChI=1S/C25H26O4/c1-24(2)17-11-12-25(3)14-16(17)21-20(28-24)13-19(27)22(23(21)29-25)18(26)10-9-15-7-5-4-6-8-15/h4-10,13,16-17,27H,11-12,14H2,1-3H3. The molecule has 4 heteroatoms. The van der Waals surface area contributed by atoms with Gasteiger partial charge in [0.05, 0.1) is 0 Å². The van der Waals surface area contributed by atoms with Crippen molar-refractivity contribution in [3.8, 4) is 17.2 Å². The molecule has 0 aromatic heterocycles. The highest BCUT2D eigenvalue weighted by Gasteiger charge is 2.55. The Labute approximate surface area is 171 Å². The van der Waals surface area contributed by atoms with E-state index >= 15 is 0 Å². The van der Waals surface area contributed by atoms with E-state index in [9.17, 15) is 9.90 Å². The molecule has 2 aromatic rings. The summed E-state index contributed by atoms with van der Waals surface area (Å²) in [4.78, 5) is 13.1. The topological polar surface area (TPSA) is 55.8 Å². The third-order valence-corrected chi connectivity index (χ3v) is 6.84. The molecule has 150 valence electrons. The Hall–Kier alpha value is -2.75. The molecule has 2 aliphatic heterocycles. The summed E-state index contributed by atoms with van der Waals surface area (Å²) >= 11 is 0. The lowest BCUT2D eigenvalue weighted by atomic mass is 9.61. The second-order valence-electron chi connectivity index (χ2n) is 9.33. The Morgan fingerprint density at radius 2 is 1.93 bits per heavy atom. The molecule has 0 saturated heterocycles. The van der Waals surface area contributed by atoms with E-state index in [4.69, 9.17) is 9.47 Å². The summed E-state index contributed by atoms with van der Waals surface area (Å²) in [7, 11) is 0. The first kappa shape index (κ1) is 18.3. The van der Waals surface area contributed by atoms with Crippen molar-refractivity contribution in [2.45, 2.75) is 57.2 Å². The number of carbonyl (C=O) groups is 1. The average molecular weight is 390 g/mol. The molecule has 2 heterocycles. The van der Waals surface area contributed by atoms with Crippen molar-refractivity contribution in [1.82, 2.24) is 0 Å². The smallest absolute Gasteiger partial charge is 0.193 e. The Balaban J connectivity index is 1.63. The normalized spacial score (nSPS) is 28.5. The Bertz CT molecular complexity index is 1020. The summed E-state index contributed by atoms with van der Waals surface area (Å²) < 4.78 is 12.7. The number of hydrogen-bond acceptors (Lipinski definition) is 4. The molecule has 0 radical (unpaired) electrons. The number of rotatable bonds is 3. The summed E-state index contributed by atoms with van der Waals surface area (Å²) in [6.45, 7) is 6.36. The van der Waals surface area contributed by atoms with E-state index in [1.807, 2.05) is 30.3 Å². The Morgan fingerprint density at radius 3 is 2.69 bits per heavy atom. The fourth-order valence-corrected chi connectivity index (χ4v) is 5.44. The average Bonchev–Trinajstić information content (AvgIpc) is 2.65. The predicted molar refractivity (Wildman–Crippen MR) is 112 cm³/mol. The molecule has 3 unspecified atom stereocenters. The van der Waals surface area contributed by atoms with E-state index in [1.54, 1.807) is 12.1 Å². The number of aromatic hydroxyl groups is 1. The van der Waals surface area contributed by atoms with Gasteiger partial charge < -0.3 is 14.6 Å². The van der Waals surface area contributed by atoms with Gasteiger partial charge in [0, 0.05) is 23.5 Å². The summed E-state index contributed by atoms with van der Waals surface area (Å²) in [6.07, 6.45) is 6.14. The van der Waals surface area contributed by atoms with Crippen molar-refractivity contribution in [3.05, 3.63) is 59.2 Å². The Kier molecular flexibility index (Phi) is 3.86. The molecule has 1 fully saturated rings. The van der Waals surface area contributed by atoms with Crippen LogP contribution in [-0.4, -0.2) is 22.1 Å². The molecule has 0 amide bonds. The molecule has 3 aliphatic rings. The van der Waals surface area contributed by atoms with Crippen molar-refractivity contribution in [3.63, 3.8) is 0 Å². The highest BCUT2D eigenvalue weighted by molar-refractivity contribution is 6.11. The number of ether oxygens (including phenoxy) is 2. The van der Waals surface area contributed by atoms with E-state index in [2.05, 4.69) is 20.8 Å². The van der Waals surface area contributed by atoms with E-state index in [1.165, 1.54) is 6.08 Å². The third-order valence-electron chi connectivity index (χ3n) is 6.84. The number of fused-ring (bicyclic) bond motifs is 1. The third kappa shape index (κ3) is 2.85. The van der Waals surface area contributed by atoms with Crippen molar-refractivity contribution in [2.24, 2.45) is 5.92 Å². The molecule has 29 heavy (non-hydrogen) atoms. The number of hydrogen-bond donors (Lipinski definition) is 1. The van der Waals surface area contributed by atoms with Crippen molar-refractivity contribution in [1.29, 1.82) is 0 Å². The van der Waals surface area contributed by atoms with Gasteiger partial charge in [0.1, 0.15) is 34.0 Å². The lowest BCUT2D eigenvalue weighted by Crippen LogP contribution is -2.54. The SMILES string of the molecule is CC12CCC3C(C1)c1c(cc(O)c(C(=O)C=Cc4ccccc4)c1O2)OC3(C)C. The van der Waals surface area contributed by atoms with Gasteiger partial charge in [-0.2, -0.15) is 0 Å². The van der Waals surface area contributed by atoms with E-state index < -0.39 is 0 Å². The zero-order valence-corrected chi connectivity index (χ0v) is 17.1. The molecule has 2 aromatic carbocycles. The van der Waals surface area contributed by atoms with Crippen LogP contribution in [0, 0.1) is 5.92 Å². The molecule has 2 bridgehead atoms. The van der Waals surface area contributed by atoms with Crippen LogP contribution in [0.1, 0.15) is 67.4 Å². The van der Waals surface area contributed by atoms with Gasteiger partial charge >= 0.3 is 0 Å². The highest BCUT2D eigenvalue weighted by atomic mass is 16.5. The van der Waals surface area contributed by atoms with Gasteiger partial charge in [0.25, 0.3) is 0 Å². The quantitative estimate of drug-likeness (QED) is 0.556. The second kappa shape index (κ2) is 6.12. The predicted octanol–water partition coefficient (Wildman–Crippen LogP) is 5.49. The van der Waals surface area contributed by atoms with Crippen LogP contribution >= 0.6 is 0 Å². The minimum Gasteiger partial charge on any atom is -0.507 e. The van der Waals surface area contributed by atoms with Gasteiger partial charge in [-0.3, -0.25) is 4.79 Å². The summed E-state index contributed by atoms with van der Waals surface area (Å²) in [6, 6.07) is 11.3. The van der Waals surface area contributed by atoms with Gasteiger partial charge in [-0.05, 0) is 51.7 Å². The van der Waals surface area contributed by atoms with Gasteiger partial charge in [-0.25, -0.2) is 0 Å². The molecule has 1 N–H and O–H groups in total. The maximum absolute atomic E-state index is 13.1. The second-order valence-corrected chi connectivity index (χ2v) is 9.33. The zero-order chi connectivity index (χ0) is 20.4. The minimum absolute atomic E-state index is 0.0840. The number of ketones is 1. The van der Waals surface area contributed by atoms with Crippen LogP contribution < -0.4 is 9.47 Å². The lowest BCUT2D eigenvalue weighted by molar-refractivity contribution is -0.0730. The zero-order valence-electron chi connectivity index (χ0n) is 17.1. The number of phenols is 1. The van der Waals surface area contributed by atoms with Crippen LogP contribution in [0.25, 0.3) is 6.08 Å². The van der Waals surface area contributed by atoms with Gasteiger partial charge in [0.2, 0.25) is 0 Å². The molecule has 0 spiro atoms. The summed E-state index contributed by atoms with van der Waals surface area (Å²) in [5.74, 6) is 1.48. The van der Waals surface area contributed by atoms with Crippen LogP contribution in [0.3, 0.4) is 0 Å². The summed E-state index contributed by atoms with van der Waals surface area (Å²) in [5.41, 5.74) is 1.52. The number of allylic oxidation sites excluding steroid dienone is 1. The maximum Gasteiger partial charge on any atom is 0.193 e. The van der Waals surface area contributed by atoms with Crippen LogP contribution in [0.15, 0.2) is 42.5 Å². The molecule has 4 nitrogen and oxygen atoms in total. The van der Waals surface area contributed by atoms with E-state index in [-0.39, 0.29) is 34.2 Å². The van der Waals surface area contributed by atoms with Gasteiger partial charge in [-0.1, -0.05) is 36.4 Å². The van der Waals surface area contributed by atoms with Gasteiger partial charge in [-0.15, -0.1) is 0 Å². The van der Waals surface area contributed by atoms with E-state index in [0.717, 1.165) is 30.4 Å². The molecular formula is C25H26O4. The minimum atomic E-state index is -0.315. The molecular weight excluding hydrogens is 364 g/mol. The number of phenolic OH excluding ortho intramolecular Hbond substituents is 1. The number of carbonyl (C=O) groups excluding carboxylic acids is 1. The molecule has 5 rings (SSSR count). The highest BCUT2D eigenvalue weighted by Crippen LogP contribution is 2.62. The molecule has 3 atom stereocenters. The monoisotopic (exact) mass is 390 g/mol.